The Balaban J connectivity index is 2.08. The third-order valence-electron chi connectivity index (χ3n) is 3.88. The van der Waals surface area contributed by atoms with Crippen molar-refractivity contribution in [2.75, 3.05) is 19.7 Å². The largest absolute Gasteiger partial charge is 0.494 e. The fraction of sp³-hybridized carbons (Fsp3) is 0.562. The molecule has 0 aromatic heterocycles. The van der Waals surface area contributed by atoms with Crippen LogP contribution in [0.5, 0.6) is 5.75 Å². The van der Waals surface area contributed by atoms with Crippen LogP contribution in [-0.2, 0) is 0 Å². The van der Waals surface area contributed by atoms with E-state index < -0.39 is 0 Å². The predicted molar refractivity (Wildman–Crippen MR) is 79.9 cm³/mol. The second-order valence-electron chi connectivity index (χ2n) is 5.47. The molecule has 2 N–H and O–H groups in total. The summed E-state index contributed by atoms with van der Waals surface area (Å²) in [5, 5.41) is 0. The minimum atomic E-state index is 0.0805. The third-order valence-corrected chi connectivity index (χ3v) is 3.88. The number of benzene rings is 1. The minimum Gasteiger partial charge on any atom is -0.494 e. The number of rotatable bonds is 4. The summed E-state index contributed by atoms with van der Waals surface area (Å²) in [6.07, 6.45) is 2.14. The van der Waals surface area contributed by atoms with Crippen LogP contribution in [0.15, 0.2) is 24.3 Å². The monoisotopic (exact) mass is 276 g/mol. The van der Waals surface area contributed by atoms with Crippen molar-refractivity contribution in [3.63, 3.8) is 0 Å². The number of carbonyl (C=O) groups excluding carboxylic acids is 1. The molecular weight excluding hydrogens is 252 g/mol. The Labute approximate surface area is 120 Å². The van der Waals surface area contributed by atoms with Gasteiger partial charge in [0.25, 0.3) is 5.91 Å². The van der Waals surface area contributed by atoms with Crippen molar-refractivity contribution in [3.05, 3.63) is 29.8 Å². The molecule has 1 aromatic rings. The summed E-state index contributed by atoms with van der Waals surface area (Å²) >= 11 is 0. The van der Waals surface area contributed by atoms with Crippen molar-refractivity contribution in [2.24, 2.45) is 11.7 Å². The second-order valence-corrected chi connectivity index (χ2v) is 5.47. The number of hydrogen-bond acceptors (Lipinski definition) is 3. The Morgan fingerprint density at radius 2 is 2.35 bits per heavy atom. The van der Waals surface area contributed by atoms with Gasteiger partial charge in [-0.3, -0.25) is 4.79 Å². The summed E-state index contributed by atoms with van der Waals surface area (Å²) in [6.45, 7) is 6.14. The number of hydrogen-bond donors (Lipinski definition) is 1. The fourth-order valence-electron chi connectivity index (χ4n) is 2.69. The molecule has 1 aliphatic heterocycles. The summed E-state index contributed by atoms with van der Waals surface area (Å²) in [7, 11) is 0. The van der Waals surface area contributed by atoms with Crippen LogP contribution < -0.4 is 10.5 Å². The highest BCUT2D eigenvalue weighted by Crippen LogP contribution is 2.22. The molecular formula is C16H24N2O2. The molecule has 0 unspecified atom stereocenters. The van der Waals surface area contributed by atoms with Gasteiger partial charge in [-0.2, -0.15) is 0 Å². The smallest absolute Gasteiger partial charge is 0.253 e. The molecule has 2 rings (SSSR count). The normalized spacial score (nSPS) is 20.6. The van der Waals surface area contributed by atoms with Crippen molar-refractivity contribution in [1.29, 1.82) is 0 Å². The Kier molecular flexibility index (Phi) is 5.01. The van der Waals surface area contributed by atoms with E-state index in [-0.39, 0.29) is 11.9 Å². The van der Waals surface area contributed by atoms with Gasteiger partial charge in [-0.1, -0.05) is 6.07 Å². The van der Waals surface area contributed by atoms with E-state index in [2.05, 4.69) is 0 Å². The first kappa shape index (κ1) is 14.9. The number of carbonyl (C=O) groups is 1. The van der Waals surface area contributed by atoms with E-state index in [0.717, 1.165) is 31.7 Å². The maximum Gasteiger partial charge on any atom is 0.253 e. The van der Waals surface area contributed by atoms with E-state index >= 15 is 0 Å². The van der Waals surface area contributed by atoms with Gasteiger partial charge < -0.3 is 15.4 Å². The minimum absolute atomic E-state index is 0.0805. The number of amides is 1. The lowest BCUT2D eigenvalue weighted by molar-refractivity contribution is 0.0660. The first-order valence-electron chi connectivity index (χ1n) is 7.39. The van der Waals surface area contributed by atoms with Gasteiger partial charge in [-0.15, -0.1) is 0 Å². The highest BCUT2D eigenvalue weighted by molar-refractivity contribution is 5.94. The van der Waals surface area contributed by atoms with Crippen molar-refractivity contribution in [3.8, 4) is 5.75 Å². The molecule has 1 aliphatic rings. The molecule has 4 nitrogen and oxygen atoms in total. The lowest BCUT2D eigenvalue weighted by Crippen LogP contribution is -2.45. The number of nitrogens with zero attached hydrogens (tertiary/aromatic N) is 1. The van der Waals surface area contributed by atoms with Crippen LogP contribution in [0.25, 0.3) is 0 Å². The Morgan fingerprint density at radius 3 is 3.05 bits per heavy atom. The van der Waals surface area contributed by atoms with Gasteiger partial charge in [0, 0.05) is 24.7 Å². The van der Waals surface area contributed by atoms with E-state index in [9.17, 15) is 4.79 Å². The zero-order valence-corrected chi connectivity index (χ0v) is 12.3. The molecule has 0 spiro atoms. The van der Waals surface area contributed by atoms with Gasteiger partial charge in [0.1, 0.15) is 5.75 Å². The van der Waals surface area contributed by atoms with Gasteiger partial charge in [0.2, 0.25) is 0 Å². The van der Waals surface area contributed by atoms with Crippen molar-refractivity contribution in [1.82, 2.24) is 4.90 Å². The van der Waals surface area contributed by atoms with E-state index in [1.54, 1.807) is 0 Å². The van der Waals surface area contributed by atoms with E-state index in [1.807, 2.05) is 43.0 Å². The number of likely N-dealkylation sites (tertiary alicyclic amines) is 1. The predicted octanol–water partition coefficient (Wildman–Crippen LogP) is 2.28. The van der Waals surface area contributed by atoms with Crippen LogP contribution in [0.4, 0.5) is 0 Å². The van der Waals surface area contributed by atoms with Crippen LogP contribution >= 0.6 is 0 Å². The van der Waals surface area contributed by atoms with Crippen LogP contribution in [0.1, 0.15) is 37.0 Å². The molecule has 110 valence electrons. The molecule has 0 bridgehead atoms. The average Bonchev–Trinajstić information content (AvgIpc) is 2.47. The maximum atomic E-state index is 12.6. The molecule has 1 fully saturated rings. The second kappa shape index (κ2) is 6.75. The third kappa shape index (κ3) is 3.51. The summed E-state index contributed by atoms with van der Waals surface area (Å²) in [5.74, 6) is 1.23. The zero-order chi connectivity index (χ0) is 14.5. The molecule has 1 saturated heterocycles. The first-order valence-corrected chi connectivity index (χ1v) is 7.39. The Bertz CT molecular complexity index is 460. The number of ether oxygens (including phenoxy) is 1. The zero-order valence-electron chi connectivity index (χ0n) is 12.3. The molecule has 0 aliphatic carbocycles. The van der Waals surface area contributed by atoms with E-state index in [0.29, 0.717) is 18.1 Å². The quantitative estimate of drug-likeness (QED) is 0.918. The van der Waals surface area contributed by atoms with Crippen LogP contribution in [-0.4, -0.2) is 36.5 Å². The molecule has 1 aromatic carbocycles. The van der Waals surface area contributed by atoms with E-state index in [1.165, 1.54) is 0 Å². The first-order chi connectivity index (χ1) is 9.61. The average molecular weight is 276 g/mol. The van der Waals surface area contributed by atoms with E-state index in [4.69, 9.17) is 10.5 Å². The molecule has 2 atom stereocenters. The van der Waals surface area contributed by atoms with Crippen LogP contribution in [0.3, 0.4) is 0 Å². The molecule has 20 heavy (non-hydrogen) atoms. The fourth-order valence-corrected chi connectivity index (χ4v) is 2.69. The van der Waals surface area contributed by atoms with Crippen molar-refractivity contribution < 1.29 is 9.53 Å². The highest BCUT2D eigenvalue weighted by atomic mass is 16.5. The lowest BCUT2D eigenvalue weighted by atomic mass is 9.92. The Morgan fingerprint density at radius 1 is 1.55 bits per heavy atom. The van der Waals surface area contributed by atoms with Gasteiger partial charge >= 0.3 is 0 Å². The van der Waals surface area contributed by atoms with Crippen molar-refractivity contribution in [2.45, 2.75) is 32.7 Å². The topological polar surface area (TPSA) is 55.6 Å². The molecule has 1 amide bonds. The summed E-state index contributed by atoms with van der Waals surface area (Å²) in [4.78, 5) is 14.5. The van der Waals surface area contributed by atoms with Gasteiger partial charge in [-0.05, 0) is 50.8 Å². The van der Waals surface area contributed by atoms with Crippen LogP contribution in [0, 0.1) is 5.92 Å². The molecule has 1 heterocycles. The maximum absolute atomic E-state index is 12.6. The summed E-state index contributed by atoms with van der Waals surface area (Å²) in [5.41, 5.74) is 6.67. The van der Waals surface area contributed by atoms with Crippen molar-refractivity contribution >= 4 is 5.91 Å². The van der Waals surface area contributed by atoms with Crippen LogP contribution in [0.2, 0.25) is 0 Å². The SMILES string of the molecule is CCOc1cccc(C(=O)N2CCC[C@@H]([C@@H](C)N)C2)c1. The number of nitrogens with two attached hydrogens (primary N) is 1. The van der Waals surface area contributed by atoms with Gasteiger partial charge in [0.05, 0.1) is 6.61 Å². The molecule has 0 saturated carbocycles. The standard InChI is InChI=1S/C16H24N2O2/c1-3-20-15-8-4-6-13(10-15)16(19)18-9-5-7-14(11-18)12(2)17/h4,6,8,10,12,14H,3,5,7,9,11,17H2,1-2H3/t12-,14-/m1/s1. The summed E-state index contributed by atoms with van der Waals surface area (Å²) in [6, 6.07) is 7.55. The molecule has 0 radical (unpaired) electrons. The lowest BCUT2D eigenvalue weighted by Gasteiger charge is -2.34. The number of piperidine rings is 1. The highest BCUT2D eigenvalue weighted by Gasteiger charge is 2.26. The summed E-state index contributed by atoms with van der Waals surface area (Å²) < 4.78 is 5.45. The Hall–Kier alpha value is -1.55. The van der Waals surface area contributed by atoms with Gasteiger partial charge in [-0.25, -0.2) is 0 Å². The molecule has 4 heteroatoms. The van der Waals surface area contributed by atoms with Gasteiger partial charge in [0.15, 0.2) is 0 Å².